The summed E-state index contributed by atoms with van der Waals surface area (Å²) in [4.78, 5) is 38.7. The van der Waals surface area contributed by atoms with Gasteiger partial charge in [-0.25, -0.2) is 9.36 Å². The van der Waals surface area contributed by atoms with Gasteiger partial charge in [0.2, 0.25) is 0 Å². The smallest absolute Gasteiger partial charge is 0.329 e. The Labute approximate surface area is 169 Å². The molecule has 1 aliphatic rings. The van der Waals surface area contributed by atoms with E-state index in [1.807, 2.05) is 16.8 Å². The van der Waals surface area contributed by atoms with Crippen molar-refractivity contribution >= 4 is 38.5 Å². The summed E-state index contributed by atoms with van der Waals surface area (Å²) in [5.41, 5.74) is 1.35. The lowest BCUT2D eigenvalue weighted by molar-refractivity contribution is 0.737. The van der Waals surface area contributed by atoms with Gasteiger partial charge in [0, 0.05) is 26.5 Å². The molecule has 4 rings (SSSR count). The Kier molecular flexibility index (Phi) is 4.43. The summed E-state index contributed by atoms with van der Waals surface area (Å²) in [5.74, 6) is 6.39. The van der Waals surface area contributed by atoms with Crippen molar-refractivity contribution in [1.82, 2.24) is 19.1 Å². The number of alkyl halides is 1. The first kappa shape index (κ1) is 18.3. The molecule has 8 nitrogen and oxygen atoms in total. The van der Waals surface area contributed by atoms with Crippen LogP contribution in [0.5, 0.6) is 0 Å². The van der Waals surface area contributed by atoms with Crippen molar-refractivity contribution < 1.29 is 0 Å². The van der Waals surface area contributed by atoms with Gasteiger partial charge in [-0.3, -0.25) is 19.3 Å². The molecule has 1 unspecified atom stereocenters. The zero-order valence-electron chi connectivity index (χ0n) is 15.5. The van der Waals surface area contributed by atoms with E-state index in [4.69, 9.17) is 0 Å². The van der Waals surface area contributed by atoms with Crippen molar-refractivity contribution in [2.45, 2.75) is 12.0 Å². The van der Waals surface area contributed by atoms with Crippen LogP contribution in [0.15, 0.2) is 40.2 Å². The van der Waals surface area contributed by atoms with E-state index in [9.17, 15) is 9.59 Å². The van der Waals surface area contributed by atoms with Gasteiger partial charge in [0.1, 0.15) is 11.5 Å². The lowest BCUT2D eigenvalue weighted by Gasteiger charge is -2.23. The van der Waals surface area contributed by atoms with Crippen molar-refractivity contribution in [1.29, 1.82) is 0 Å². The summed E-state index contributed by atoms with van der Waals surface area (Å²) in [5, 5.41) is -0.278. The molecular formula is C19H17BrN6O2. The molecule has 142 valence electrons. The Morgan fingerprint density at radius 2 is 1.86 bits per heavy atom. The predicted octanol–water partition coefficient (Wildman–Crippen LogP) is 1.44. The molecule has 0 saturated carbocycles. The third-order valence-electron chi connectivity index (χ3n) is 4.75. The molecule has 0 bridgehead atoms. The number of hydrogen-bond acceptors (Lipinski definition) is 6. The molecule has 1 aliphatic heterocycles. The average molecular weight is 441 g/mol. The zero-order chi connectivity index (χ0) is 20.0. The monoisotopic (exact) mass is 440 g/mol. The van der Waals surface area contributed by atoms with Crippen LogP contribution in [-0.2, 0) is 7.05 Å². The topological polar surface area (TPSA) is 76.3 Å². The van der Waals surface area contributed by atoms with Gasteiger partial charge in [0.25, 0.3) is 5.56 Å². The standard InChI is InChI=1S/C19H17BrN6O2/c1-4-5-10-25-15-16(23(2)18(25)20)24(3)19(28)26(17(15)27)12-6-7-13-14(11-12)22-9-8-21-13/h6-9,11,18H,10H2,1-3H3. The molecular weight excluding hydrogens is 424 g/mol. The lowest BCUT2D eigenvalue weighted by Crippen LogP contribution is -2.40. The Hall–Kier alpha value is -3.12. The third kappa shape index (κ3) is 2.60. The van der Waals surface area contributed by atoms with E-state index in [1.165, 1.54) is 4.57 Å². The molecule has 0 aliphatic carbocycles. The van der Waals surface area contributed by atoms with E-state index in [-0.39, 0.29) is 5.08 Å². The summed E-state index contributed by atoms with van der Waals surface area (Å²) in [6, 6.07) is 5.14. The molecule has 9 heteroatoms. The molecule has 28 heavy (non-hydrogen) atoms. The number of halogens is 1. The molecule has 3 heterocycles. The minimum Gasteiger partial charge on any atom is -0.329 e. The van der Waals surface area contributed by atoms with Crippen molar-refractivity contribution in [2.75, 3.05) is 23.4 Å². The quantitative estimate of drug-likeness (QED) is 0.341. The first-order chi connectivity index (χ1) is 13.5. The van der Waals surface area contributed by atoms with Crippen molar-refractivity contribution in [3.05, 3.63) is 51.4 Å². The first-order valence-corrected chi connectivity index (χ1v) is 9.47. The summed E-state index contributed by atoms with van der Waals surface area (Å²) in [6.45, 7) is 2.11. The van der Waals surface area contributed by atoms with Gasteiger partial charge in [-0.15, -0.1) is 5.92 Å². The molecule has 0 N–H and O–H groups in total. The van der Waals surface area contributed by atoms with Crippen LogP contribution < -0.4 is 21.0 Å². The van der Waals surface area contributed by atoms with Gasteiger partial charge >= 0.3 is 5.69 Å². The highest BCUT2D eigenvalue weighted by atomic mass is 79.9. The van der Waals surface area contributed by atoms with E-state index in [2.05, 4.69) is 37.7 Å². The summed E-state index contributed by atoms with van der Waals surface area (Å²) < 4.78 is 2.64. The number of fused-ring (bicyclic) bond motifs is 2. The van der Waals surface area contributed by atoms with Crippen LogP contribution in [-0.4, -0.2) is 37.8 Å². The Bertz CT molecular complexity index is 1270. The van der Waals surface area contributed by atoms with Crippen molar-refractivity contribution in [2.24, 2.45) is 7.05 Å². The third-order valence-corrected chi connectivity index (χ3v) is 5.86. The largest absolute Gasteiger partial charge is 0.337 e. The molecule has 0 saturated heterocycles. The van der Waals surface area contributed by atoms with Gasteiger partial charge in [0.15, 0.2) is 5.08 Å². The normalized spacial score (nSPS) is 15.5. The second-order valence-corrected chi connectivity index (χ2v) is 7.18. The van der Waals surface area contributed by atoms with Crippen LogP contribution in [0.4, 0.5) is 11.5 Å². The maximum Gasteiger partial charge on any atom is 0.337 e. The van der Waals surface area contributed by atoms with Crippen LogP contribution in [0.2, 0.25) is 0 Å². The van der Waals surface area contributed by atoms with Crippen molar-refractivity contribution in [3.63, 3.8) is 0 Å². The summed E-state index contributed by atoms with van der Waals surface area (Å²) >= 11 is 3.59. The van der Waals surface area contributed by atoms with E-state index < -0.39 is 11.2 Å². The van der Waals surface area contributed by atoms with Crippen LogP contribution in [0, 0.1) is 11.8 Å². The number of hydrogen-bond donors (Lipinski definition) is 0. The fourth-order valence-electron chi connectivity index (χ4n) is 3.40. The molecule has 0 spiro atoms. The SMILES string of the molecule is CC#CCN1c2c(n(C)c(=O)n(-c3ccc4nccnc4c3)c2=O)N(C)C1Br. The molecule has 0 amide bonds. The zero-order valence-corrected chi connectivity index (χ0v) is 17.1. The van der Waals surface area contributed by atoms with E-state index in [0.717, 1.165) is 4.57 Å². The number of aromatic nitrogens is 4. The fraction of sp³-hybridized carbons (Fsp3) is 0.263. The Morgan fingerprint density at radius 1 is 1.14 bits per heavy atom. The Morgan fingerprint density at radius 3 is 2.57 bits per heavy atom. The maximum absolute atomic E-state index is 13.4. The second-order valence-electron chi connectivity index (χ2n) is 6.36. The maximum atomic E-state index is 13.4. The summed E-state index contributed by atoms with van der Waals surface area (Å²) in [6.07, 6.45) is 3.17. The van der Waals surface area contributed by atoms with Gasteiger partial charge in [-0.1, -0.05) is 5.92 Å². The predicted molar refractivity (Wildman–Crippen MR) is 112 cm³/mol. The molecule has 0 radical (unpaired) electrons. The van der Waals surface area contributed by atoms with Gasteiger partial charge in [-0.2, -0.15) is 0 Å². The van der Waals surface area contributed by atoms with Crippen LogP contribution >= 0.6 is 15.9 Å². The van der Waals surface area contributed by atoms with Gasteiger partial charge < -0.3 is 9.80 Å². The van der Waals surface area contributed by atoms with Crippen LogP contribution in [0.1, 0.15) is 6.92 Å². The number of nitrogens with zero attached hydrogens (tertiary/aromatic N) is 6. The van der Waals surface area contributed by atoms with E-state index >= 15 is 0 Å². The highest BCUT2D eigenvalue weighted by molar-refractivity contribution is 9.09. The van der Waals surface area contributed by atoms with Gasteiger partial charge in [-0.05, 0) is 41.1 Å². The summed E-state index contributed by atoms with van der Waals surface area (Å²) in [7, 11) is 3.48. The van der Waals surface area contributed by atoms with Crippen molar-refractivity contribution in [3.8, 4) is 17.5 Å². The van der Waals surface area contributed by atoms with E-state index in [1.54, 1.807) is 44.6 Å². The molecule has 1 atom stereocenters. The minimum atomic E-state index is -0.429. The second kappa shape index (κ2) is 6.80. The highest BCUT2D eigenvalue weighted by Crippen LogP contribution is 2.36. The number of rotatable bonds is 2. The lowest BCUT2D eigenvalue weighted by atomic mass is 10.2. The minimum absolute atomic E-state index is 0.278. The molecule has 0 fully saturated rings. The van der Waals surface area contributed by atoms with Crippen LogP contribution in [0.3, 0.4) is 0 Å². The Balaban J connectivity index is 2.01. The van der Waals surface area contributed by atoms with E-state index in [0.29, 0.717) is 34.8 Å². The van der Waals surface area contributed by atoms with Crippen LogP contribution in [0.25, 0.3) is 16.7 Å². The van der Waals surface area contributed by atoms with Gasteiger partial charge in [0.05, 0.1) is 23.3 Å². The molecule has 1 aromatic carbocycles. The fourth-order valence-corrected chi connectivity index (χ4v) is 3.94. The average Bonchev–Trinajstić information content (AvgIpc) is 2.95. The first-order valence-electron chi connectivity index (χ1n) is 8.56. The highest BCUT2D eigenvalue weighted by Gasteiger charge is 2.37. The number of benzene rings is 1. The molecule has 2 aromatic heterocycles. The number of anilines is 2. The molecule has 3 aromatic rings.